The number of benzene rings is 1. The van der Waals surface area contributed by atoms with Crippen LogP contribution >= 0.6 is 0 Å². The fraction of sp³-hybridized carbons (Fsp3) is 0.444. The summed E-state index contributed by atoms with van der Waals surface area (Å²) in [4.78, 5) is 50.1. The van der Waals surface area contributed by atoms with Gasteiger partial charge >= 0.3 is 5.97 Å². The molecule has 1 aromatic rings. The number of carbonyl (C=O) groups excluding carboxylic acids is 4. The SMILES string of the molecule is COC(=O)C(C)(C)NC(=O)c1ccc2c(c1)C(=O)N(CC(C)C)C2=O. The summed E-state index contributed by atoms with van der Waals surface area (Å²) < 4.78 is 4.65. The second kappa shape index (κ2) is 6.66. The summed E-state index contributed by atoms with van der Waals surface area (Å²) in [5.41, 5.74) is -0.527. The smallest absolute Gasteiger partial charge is 0.330 e. The average molecular weight is 346 g/mol. The van der Waals surface area contributed by atoms with Crippen LogP contribution in [0.5, 0.6) is 0 Å². The predicted molar refractivity (Wildman–Crippen MR) is 90.2 cm³/mol. The van der Waals surface area contributed by atoms with Gasteiger partial charge in [-0.3, -0.25) is 19.3 Å². The topological polar surface area (TPSA) is 92.8 Å². The second-order valence-corrected chi connectivity index (χ2v) is 6.95. The van der Waals surface area contributed by atoms with Crippen molar-refractivity contribution in [2.45, 2.75) is 33.2 Å². The third-order valence-electron chi connectivity index (χ3n) is 3.90. The number of ether oxygens (including phenoxy) is 1. The molecule has 134 valence electrons. The van der Waals surface area contributed by atoms with E-state index in [0.29, 0.717) is 6.54 Å². The van der Waals surface area contributed by atoms with E-state index in [0.717, 1.165) is 0 Å². The minimum atomic E-state index is -1.21. The van der Waals surface area contributed by atoms with Crippen LogP contribution in [0.25, 0.3) is 0 Å². The fourth-order valence-corrected chi connectivity index (χ4v) is 2.63. The van der Waals surface area contributed by atoms with Gasteiger partial charge in [-0.1, -0.05) is 13.8 Å². The number of carbonyl (C=O) groups is 4. The Bertz CT molecular complexity index is 752. The molecule has 1 N–H and O–H groups in total. The molecule has 0 fully saturated rings. The highest BCUT2D eigenvalue weighted by Crippen LogP contribution is 2.25. The number of nitrogens with zero attached hydrogens (tertiary/aromatic N) is 1. The Morgan fingerprint density at radius 1 is 1.16 bits per heavy atom. The van der Waals surface area contributed by atoms with E-state index in [4.69, 9.17) is 0 Å². The summed E-state index contributed by atoms with van der Waals surface area (Å²) >= 11 is 0. The van der Waals surface area contributed by atoms with E-state index in [-0.39, 0.29) is 28.5 Å². The molecule has 1 aliphatic heterocycles. The third-order valence-corrected chi connectivity index (χ3v) is 3.90. The maximum absolute atomic E-state index is 12.5. The van der Waals surface area contributed by atoms with Crippen LogP contribution in [0.15, 0.2) is 18.2 Å². The maximum Gasteiger partial charge on any atom is 0.330 e. The standard InChI is InChI=1S/C18H22N2O5/c1-10(2)9-20-15(22)12-7-6-11(8-13(12)16(20)23)14(21)19-18(3,4)17(24)25-5/h6-8,10H,9H2,1-5H3,(H,19,21). The van der Waals surface area contributed by atoms with Crippen LogP contribution in [-0.2, 0) is 9.53 Å². The number of imide groups is 1. The molecular formula is C18H22N2O5. The molecule has 7 nitrogen and oxygen atoms in total. The van der Waals surface area contributed by atoms with Crippen molar-refractivity contribution in [3.05, 3.63) is 34.9 Å². The molecule has 0 aliphatic carbocycles. The number of methoxy groups -OCH3 is 1. The Hall–Kier alpha value is -2.70. The van der Waals surface area contributed by atoms with Gasteiger partial charge in [-0.15, -0.1) is 0 Å². The van der Waals surface area contributed by atoms with Gasteiger partial charge in [-0.25, -0.2) is 4.79 Å². The molecule has 3 amide bonds. The lowest BCUT2D eigenvalue weighted by Gasteiger charge is -2.23. The lowest BCUT2D eigenvalue weighted by molar-refractivity contribution is -0.146. The molecule has 0 saturated carbocycles. The maximum atomic E-state index is 12.5. The lowest BCUT2D eigenvalue weighted by atomic mass is 10.0. The minimum Gasteiger partial charge on any atom is -0.467 e. The fourth-order valence-electron chi connectivity index (χ4n) is 2.63. The number of hydrogen-bond donors (Lipinski definition) is 1. The molecule has 0 saturated heterocycles. The molecule has 1 heterocycles. The highest BCUT2D eigenvalue weighted by molar-refractivity contribution is 6.22. The zero-order valence-electron chi connectivity index (χ0n) is 15.0. The Kier molecular flexibility index (Phi) is 4.97. The van der Waals surface area contributed by atoms with Crippen molar-refractivity contribution in [1.29, 1.82) is 0 Å². The van der Waals surface area contributed by atoms with Crippen LogP contribution in [0.3, 0.4) is 0 Å². The predicted octanol–water partition coefficient (Wildman–Crippen LogP) is 1.62. The monoisotopic (exact) mass is 346 g/mol. The number of esters is 1. The van der Waals surface area contributed by atoms with Crippen molar-refractivity contribution in [3.63, 3.8) is 0 Å². The molecule has 1 aliphatic rings. The molecule has 25 heavy (non-hydrogen) atoms. The van der Waals surface area contributed by atoms with Gasteiger partial charge in [-0.05, 0) is 38.0 Å². The molecule has 0 aromatic heterocycles. The van der Waals surface area contributed by atoms with Gasteiger partial charge in [0.2, 0.25) is 0 Å². The number of fused-ring (bicyclic) bond motifs is 1. The quantitative estimate of drug-likeness (QED) is 0.646. The summed E-state index contributed by atoms with van der Waals surface area (Å²) in [5.74, 6) is -1.73. The number of amides is 3. The van der Waals surface area contributed by atoms with E-state index in [9.17, 15) is 19.2 Å². The molecule has 1 aromatic carbocycles. The number of hydrogen-bond acceptors (Lipinski definition) is 5. The van der Waals surface area contributed by atoms with Gasteiger partial charge in [0.15, 0.2) is 0 Å². The summed E-state index contributed by atoms with van der Waals surface area (Å²) in [5, 5.41) is 2.56. The molecule has 0 radical (unpaired) electrons. The van der Waals surface area contributed by atoms with E-state index in [2.05, 4.69) is 10.1 Å². The summed E-state index contributed by atoms with van der Waals surface area (Å²) in [7, 11) is 1.24. The van der Waals surface area contributed by atoms with E-state index < -0.39 is 23.3 Å². The van der Waals surface area contributed by atoms with Gasteiger partial charge in [0.25, 0.3) is 17.7 Å². The first-order valence-corrected chi connectivity index (χ1v) is 7.99. The van der Waals surface area contributed by atoms with Crippen LogP contribution in [0, 0.1) is 5.92 Å². The van der Waals surface area contributed by atoms with Crippen LogP contribution in [-0.4, -0.2) is 47.8 Å². The highest BCUT2D eigenvalue weighted by atomic mass is 16.5. The first kappa shape index (κ1) is 18.6. The van der Waals surface area contributed by atoms with E-state index in [1.807, 2.05) is 13.8 Å². The summed E-state index contributed by atoms with van der Waals surface area (Å²) in [6, 6.07) is 4.32. The molecular weight excluding hydrogens is 324 g/mol. The zero-order chi connectivity index (χ0) is 18.9. The molecule has 0 atom stereocenters. The largest absolute Gasteiger partial charge is 0.467 e. The molecule has 0 spiro atoms. The van der Waals surface area contributed by atoms with Crippen molar-refractivity contribution >= 4 is 23.7 Å². The van der Waals surface area contributed by atoms with Gasteiger partial charge in [-0.2, -0.15) is 0 Å². The van der Waals surface area contributed by atoms with Gasteiger partial charge in [0, 0.05) is 12.1 Å². The van der Waals surface area contributed by atoms with Crippen molar-refractivity contribution in [3.8, 4) is 0 Å². The first-order chi connectivity index (χ1) is 11.6. The van der Waals surface area contributed by atoms with E-state index in [1.54, 1.807) is 0 Å². The average Bonchev–Trinajstić information content (AvgIpc) is 2.77. The van der Waals surface area contributed by atoms with Crippen molar-refractivity contribution in [1.82, 2.24) is 10.2 Å². The Morgan fingerprint density at radius 2 is 1.76 bits per heavy atom. The summed E-state index contributed by atoms with van der Waals surface area (Å²) in [6.45, 7) is 7.18. The first-order valence-electron chi connectivity index (χ1n) is 7.99. The summed E-state index contributed by atoms with van der Waals surface area (Å²) in [6.07, 6.45) is 0. The Labute approximate surface area is 146 Å². The van der Waals surface area contributed by atoms with Gasteiger partial charge < -0.3 is 10.1 Å². The Balaban J connectivity index is 2.27. The van der Waals surface area contributed by atoms with Crippen LogP contribution < -0.4 is 5.32 Å². The number of rotatable bonds is 5. The molecule has 7 heteroatoms. The second-order valence-electron chi connectivity index (χ2n) is 6.95. The van der Waals surface area contributed by atoms with Crippen LogP contribution in [0.4, 0.5) is 0 Å². The Morgan fingerprint density at radius 3 is 2.32 bits per heavy atom. The van der Waals surface area contributed by atoms with Crippen LogP contribution in [0.1, 0.15) is 58.8 Å². The van der Waals surface area contributed by atoms with E-state index >= 15 is 0 Å². The van der Waals surface area contributed by atoms with Gasteiger partial charge in [0.1, 0.15) is 5.54 Å². The molecule has 0 unspecified atom stereocenters. The van der Waals surface area contributed by atoms with Crippen molar-refractivity contribution < 1.29 is 23.9 Å². The molecule has 0 bridgehead atoms. The normalized spacial score (nSPS) is 13.9. The highest BCUT2D eigenvalue weighted by Gasteiger charge is 2.37. The van der Waals surface area contributed by atoms with E-state index in [1.165, 1.54) is 44.1 Å². The minimum absolute atomic E-state index is 0.144. The third kappa shape index (κ3) is 3.55. The van der Waals surface area contributed by atoms with Gasteiger partial charge in [0.05, 0.1) is 18.2 Å². The van der Waals surface area contributed by atoms with Crippen molar-refractivity contribution in [2.75, 3.05) is 13.7 Å². The van der Waals surface area contributed by atoms with Crippen LogP contribution in [0.2, 0.25) is 0 Å². The number of nitrogens with one attached hydrogen (secondary N) is 1. The zero-order valence-corrected chi connectivity index (χ0v) is 15.0. The molecule has 2 rings (SSSR count). The van der Waals surface area contributed by atoms with Crippen molar-refractivity contribution in [2.24, 2.45) is 5.92 Å². The lowest BCUT2D eigenvalue weighted by Crippen LogP contribution is -2.50.